The van der Waals surface area contributed by atoms with Crippen molar-refractivity contribution in [3.63, 3.8) is 0 Å². The summed E-state index contributed by atoms with van der Waals surface area (Å²) in [5.41, 5.74) is 7.72. The first-order valence-electron chi connectivity index (χ1n) is 15.0. The molecule has 0 atom stereocenters. The van der Waals surface area contributed by atoms with Crippen LogP contribution in [0.25, 0.3) is 32.7 Å². The van der Waals surface area contributed by atoms with Gasteiger partial charge in [0.25, 0.3) is 0 Å². The van der Waals surface area contributed by atoms with E-state index in [9.17, 15) is 0 Å². The molecule has 7 aromatic carbocycles. The lowest BCUT2D eigenvalue weighted by Gasteiger charge is -2.35. The summed E-state index contributed by atoms with van der Waals surface area (Å²) in [7, 11) is 0. The minimum Gasteiger partial charge on any atom is -0.456 e. The van der Waals surface area contributed by atoms with Crippen LogP contribution in [0.15, 0.2) is 150 Å². The van der Waals surface area contributed by atoms with Gasteiger partial charge in [0.2, 0.25) is 0 Å². The highest BCUT2D eigenvalue weighted by atomic mass is 16.5. The molecular formula is C40H24N2O3. The largest absolute Gasteiger partial charge is 0.456 e. The molecule has 0 fully saturated rings. The molecule has 10 rings (SSSR count). The predicted octanol–water partition coefficient (Wildman–Crippen LogP) is 11.9. The third-order valence-corrected chi connectivity index (χ3v) is 8.82. The Morgan fingerprint density at radius 1 is 0.311 bits per heavy atom. The maximum Gasteiger partial charge on any atom is 0.152 e. The summed E-state index contributed by atoms with van der Waals surface area (Å²) in [4.78, 5) is 4.60. The number of para-hydroxylation sites is 7. The molecule has 0 spiro atoms. The van der Waals surface area contributed by atoms with Gasteiger partial charge in [0.1, 0.15) is 11.2 Å². The van der Waals surface area contributed by atoms with Crippen molar-refractivity contribution in [2.45, 2.75) is 0 Å². The Balaban J connectivity index is 1.23. The summed E-state index contributed by atoms with van der Waals surface area (Å²) in [6.07, 6.45) is 0. The molecule has 212 valence electrons. The van der Waals surface area contributed by atoms with Crippen LogP contribution in [0.5, 0.6) is 23.0 Å². The summed E-state index contributed by atoms with van der Waals surface area (Å²) in [6.45, 7) is 0. The highest BCUT2D eigenvalue weighted by Gasteiger charge is 2.30. The van der Waals surface area contributed by atoms with Gasteiger partial charge in [-0.15, -0.1) is 0 Å². The SMILES string of the molecule is c1ccc2c(c1)Oc1ccccc1N2c1cccc2c(N3c4ccccc4Oc4cc5c(cc43)oc3ccccc35)cccc12. The van der Waals surface area contributed by atoms with E-state index >= 15 is 0 Å². The van der Waals surface area contributed by atoms with E-state index in [0.29, 0.717) is 0 Å². The van der Waals surface area contributed by atoms with E-state index in [1.807, 2.05) is 54.6 Å². The van der Waals surface area contributed by atoms with Gasteiger partial charge in [-0.05, 0) is 60.7 Å². The van der Waals surface area contributed by atoms with E-state index in [4.69, 9.17) is 13.9 Å². The summed E-state index contributed by atoms with van der Waals surface area (Å²) >= 11 is 0. The van der Waals surface area contributed by atoms with Crippen molar-refractivity contribution in [3.8, 4) is 23.0 Å². The highest BCUT2D eigenvalue weighted by Crippen LogP contribution is 2.55. The number of rotatable bonds is 2. The highest BCUT2D eigenvalue weighted by molar-refractivity contribution is 6.11. The van der Waals surface area contributed by atoms with Crippen molar-refractivity contribution in [2.24, 2.45) is 0 Å². The van der Waals surface area contributed by atoms with Crippen LogP contribution >= 0.6 is 0 Å². The summed E-state index contributed by atoms with van der Waals surface area (Å²) < 4.78 is 19.2. The first-order chi connectivity index (χ1) is 22.3. The van der Waals surface area contributed by atoms with E-state index < -0.39 is 0 Å². The maximum absolute atomic E-state index is 6.56. The summed E-state index contributed by atoms with van der Waals surface area (Å²) in [5.74, 6) is 3.25. The number of hydrogen-bond acceptors (Lipinski definition) is 5. The van der Waals surface area contributed by atoms with Crippen molar-refractivity contribution in [1.29, 1.82) is 0 Å². The van der Waals surface area contributed by atoms with Crippen LogP contribution in [0.4, 0.5) is 34.1 Å². The molecule has 1 aromatic heterocycles. The molecule has 0 N–H and O–H groups in total. The van der Waals surface area contributed by atoms with Gasteiger partial charge in [-0.2, -0.15) is 0 Å². The van der Waals surface area contributed by atoms with E-state index in [1.54, 1.807) is 0 Å². The van der Waals surface area contributed by atoms with Crippen LogP contribution in [0.1, 0.15) is 0 Å². The number of ether oxygens (including phenoxy) is 2. The van der Waals surface area contributed by atoms with Crippen LogP contribution in [0.2, 0.25) is 0 Å². The van der Waals surface area contributed by atoms with Crippen molar-refractivity contribution < 1.29 is 13.9 Å². The zero-order valence-electron chi connectivity index (χ0n) is 24.0. The summed E-state index contributed by atoms with van der Waals surface area (Å²) in [6, 6.07) is 50.0. The molecule has 5 heteroatoms. The van der Waals surface area contributed by atoms with Crippen molar-refractivity contribution in [2.75, 3.05) is 9.80 Å². The number of hydrogen-bond donors (Lipinski definition) is 0. The number of anilines is 6. The Bertz CT molecular complexity index is 2430. The molecule has 0 bridgehead atoms. The fourth-order valence-corrected chi connectivity index (χ4v) is 6.86. The smallest absolute Gasteiger partial charge is 0.152 e. The van der Waals surface area contributed by atoms with Gasteiger partial charge in [-0.1, -0.05) is 78.9 Å². The Kier molecular flexibility index (Phi) is 4.93. The summed E-state index contributed by atoms with van der Waals surface area (Å²) in [5, 5.41) is 4.35. The lowest BCUT2D eigenvalue weighted by Crippen LogP contribution is -2.17. The molecule has 0 amide bonds. The lowest BCUT2D eigenvalue weighted by atomic mass is 10.0. The van der Waals surface area contributed by atoms with E-state index in [2.05, 4.69) is 101 Å². The second kappa shape index (κ2) is 9.15. The fraction of sp³-hybridized carbons (Fsp3) is 0. The molecule has 0 saturated carbocycles. The van der Waals surface area contributed by atoms with Gasteiger partial charge in [0.15, 0.2) is 23.0 Å². The quantitative estimate of drug-likeness (QED) is 0.203. The van der Waals surface area contributed by atoms with Crippen molar-refractivity contribution >= 4 is 66.8 Å². The molecule has 3 heterocycles. The third kappa shape index (κ3) is 3.49. The Morgan fingerprint density at radius 3 is 1.40 bits per heavy atom. The minimum atomic E-state index is 0.789. The van der Waals surface area contributed by atoms with Gasteiger partial charge >= 0.3 is 0 Å². The van der Waals surface area contributed by atoms with E-state index in [0.717, 1.165) is 89.8 Å². The zero-order chi connectivity index (χ0) is 29.5. The van der Waals surface area contributed by atoms with Gasteiger partial charge in [-0.3, -0.25) is 0 Å². The lowest BCUT2D eigenvalue weighted by molar-refractivity contribution is 0.477. The molecule has 45 heavy (non-hydrogen) atoms. The average Bonchev–Trinajstić information content (AvgIpc) is 3.45. The minimum absolute atomic E-state index is 0.789. The van der Waals surface area contributed by atoms with Crippen LogP contribution < -0.4 is 19.3 Å². The van der Waals surface area contributed by atoms with Gasteiger partial charge in [0, 0.05) is 27.6 Å². The van der Waals surface area contributed by atoms with Crippen molar-refractivity contribution in [1.82, 2.24) is 0 Å². The molecule has 2 aliphatic rings. The predicted molar refractivity (Wildman–Crippen MR) is 181 cm³/mol. The molecule has 0 unspecified atom stereocenters. The van der Waals surface area contributed by atoms with Crippen LogP contribution in [-0.2, 0) is 0 Å². The van der Waals surface area contributed by atoms with Crippen LogP contribution in [0, 0.1) is 0 Å². The molecule has 0 saturated heterocycles. The van der Waals surface area contributed by atoms with Crippen LogP contribution in [0.3, 0.4) is 0 Å². The Hall–Kier alpha value is -6.20. The molecule has 2 aliphatic heterocycles. The molecule has 0 radical (unpaired) electrons. The average molecular weight is 581 g/mol. The number of furan rings is 1. The zero-order valence-corrected chi connectivity index (χ0v) is 24.0. The molecule has 8 aromatic rings. The van der Waals surface area contributed by atoms with Gasteiger partial charge in [0.05, 0.1) is 34.1 Å². The standard InChI is InChI=1S/C40H24N2O3/c1-5-19-35-27(11-1)28-23-40-34(24-39(28)43-35)42(33-16-4-8-22-38(33)45-40)30-18-10-12-25-26(30)13-9-17-29(25)41-31-14-2-6-20-36(31)44-37-21-7-3-15-32(37)41/h1-24H. The van der Waals surface area contributed by atoms with E-state index in [1.165, 1.54) is 0 Å². The van der Waals surface area contributed by atoms with Crippen LogP contribution in [-0.4, -0.2) is 0 Å². The second-order valence-electron chi connectivity index (χ2n) is 11.3. The fourth-order valence-electron chi connectivity index (χ4n) is 6.86. The van der Waals surface area contributed by atoms with Gasteiger partial charge in [-0.25, -0.2) is 0 Å². The topological polar surface area (TPSA) is 38.1 Å². The Labute approximate surface area is 258 Å². The van der Waals surface area contributed by atoms with Gasteiger partial charge < -0.3 is 23.7 Å². The van der Waals surface area contributed by atoms with E-state index in [-0.39, 0.29) is 0 Å². The first-order valence-corrected chi connectivity index (χ1v) is 15.0. The monoisotopic (exact) mass is 580 g/mol. The normalized spacial score (nSPS) is 13.2. The number of nitrogens with zero attached hydrogens (tertiary/aromatic N) is 2. The molecular weight excluding hydrogens is 556 g/mol. The number of benzene rings is 7. The maximum atomic E-state index is 6.56. The third-order valence-electron chi connectivity index (χ3n) is 8.82. The first kappa shape index (κ1) is 24.3. The number of fused-ring (bicyclic) bond motifs is 8. The second-order valence-corrected chi connectivity index (χ2v) is 11.3. The van der Waals surface area contributed by atoms with Crippen molar-refractivity contribution in [3.05, 3.63) is 146 Å². The molecule has 5 nitrogen and oxygen atoms in total. The molecule has 0 aliphatic carbocycles. The Morgan fingerprint density at radius 2 is 0.778 bits per heavy atom.